The van der Waals surface area contributed by atoms with Gasteiger partial charge in [0.15, 0.2) is 0 Å². The molecule has 1 nitrogen and oxygen atoms in total. The summed E-state index contributed by atoms with van der Waals surface area (Å²) < 4.78 is 0. The van der Waals surface area contributed by atoms with Crippen LogP contribution in [0.25, 0.3) is 0 Å². The quantitative estimate of drug-likeness (QED) is 0.294. The molecule has 0 radical (unpaired) electrons. The minimum Gasteiger partial charge on any atom is -0.320 e. The lowest BCUT2D eigenvalue weighted by Gasteiger charge is -2.05. The highest BCUT2D eigenvalue weighted by Crippen LogP contribution is 2.14. The van der Waals surface area contributed by atoms with Crippen molar-refractivity contribution in [2.24, 2.45) is 5.92 Å². The topological polar surface area (TPSA) is 12.0 Å². The fourth-order valence-electron chi connectivity index (χ4n) is 2.98. The molecule has 0 fully saturated rings. The van der Waals surface area contributed by atoms with Crippen LogP contribution < -0.4 is 5.32 Å². The molecular weight excluding hydrogens is 254 g/mol. The molecule has 0 saturated carbocycles. The van der Waals surface area contributed by atoms with Gasteiger partial charge in [-0.2, -0.15) is 0 Å². The van der Waals surface area contributed by atoms with Gasteiger partial charge in [-0.15, -0.1) is 0 Å². The molecule has 0 aromatic rings. The van der Waals surface area contributed by atoms with Gasteiger partial charge >= 0.3 is 0 Å². The standard InChI is InChI=1S/C20H43N/c1-20(2)18-16-14-12-10-8-6-4-5-7-9-11-13-15-17-19-21-3/h20-21H,4-19H2,1-3H3. The van der Waals surface area contributed by atoms with Crippen molar-refractivity contribution in [3.63, 3.8) is 0 Å². The molecule has 0 aromatic heterocycles. The first-order valence-electron chi connectivity index (χ1n) is 9.92. The van der Waals surface area contributed by atoms with Gasteiger partial charge in [0.2, 0.25) is 0 Å². The van der Waals surface area contributed by atoms with E-state index in [-0.39, 0.29) is 0 Å². The van der Waals surface area contributed by atoms with Gasteiger partial charge in [0.1, 0.15) is 0 Å². The van der Waals surface area contributed by atoms with Crippen molar-refractivity contribution in [1.82, 2.24) is 5.32 Å². The first kappa shape index (κ1) is 21.0. The number of hydrogen-bond acceptors (Lipinski definition) is 1. The van der Waals surface area contributed by atoms with Crippen molar-refractivity contribution >= 4 is 0 Å². The zero-order chi connectivity index (χ0) is 15.6. The summed E-state index contributed by atoms with van der Waals surface area (Å²) in [6.07, 6.45) is 21.8. The number of rotatable bonds is 17. The Morgan fingerprint density at radius 1 is 0.524 bits per heavy atom. The third-order valence-electron chi connectivity index (χ3n) is 4.46. The predicted molar refractivity (Wildman–Crippen MR) is 98.0 cm³/mol. The number of nitrogens with one attached hydrogen (secondary N) is 1. The normalized spacial score (nSPS) is 11.4. The zero-order valence-electron chi connectivity index (χ0n) is 15.4. The van der Waals surface area contributed by atoms with Crippen molar-refractivity contribution in [2.75, 3.05) is 13.6 Å². The molecule has 0 spiro atoms. The molecule has 0 saturated heterocycles. The van der Waals surface area contributed by atoms with Crippen LogP contribution in [0.5, 0.6) is 0 Å². The summed E-state index contributed by atoms with van der Waals surface area (Å²) in [6, 6.07) is 0. The molecule has 21 heavy (non-hydrogen) atoms. The van der Waals surface area contributed by atoms with E-state index in [0.717, 1.165) is 5.92 Å². The molecule has 0 aliphatic carbocycles. The highest BCUT2D eigenvalue weighted by molar-refractivity contribution is 4.51. The Kier molecular flexibility index (Phi) is 18.0. The molecule has 0 bridgehead atoms. The second kappa shape index (κ2) is 18.0. The summed E-state index contributed by atoms with van der Waals surface area (Å²) in [4.78, 5) is 0. The van der Waals surface area contributed by atoms with E-state index >= 15 is 0 Å². The minimum absolute atomic E-state index is 0.897. The average Bonchev–Trinajstić information content (AvgIpc) is 2.46. The van der Waals surface area contributed by atoms with E-state index in [0.29, 0.717) is 0 Å². The monoisotopic (exact) mass is 297 g/mol. The third kappa shape index (κ3) is 20.0. The van der Waals surface area contributed by atoms with Crippen LogP contribution in [0.1, 0.15) is 110 Å². The van der Waals surface area contributed by atoms with E-state index < -0.39 is 0 Å². The van der Waals surface area contributed by atoms with Gasteiger partial charge in [-0.1, -0.05) is 104 Å². The van der Waals surface area contributed by atoms with Gasteiger partial charge in [0.05, 0.1) is 0 Å². The third-order valence-corrected chi connectivity index (χ3v) is 4.46. The fraction of sp³-hybridized carbons (Fsp3) is 1.00. The summed E-state index contributed by atoms with van der Waals surface area (Å²) in [7, 11) is 2.05. The molecule has 0 aromatic carbocycles. The van der Waals surface area contributed by atoms with Crippen molar-refractivity contribution in [3.05, 3.63) is 0 Å². The largest absolute Gasteiger partial charge is 0.320 e. The highest BCUT2D eigenvalue weighted by atomic mass is 14.8. The Morgan fingerprint density at radius 2 is 0.857 bits per heavy atom. The Hall–Kier alpha value is -0.0400. The Bertz CT molecular complexity index is 177. The second-order valence-electron chi connectivity index (χ2n) is 7.24. The smallest absolute Gasteiger partial charge is 0.00519 e. The molecule has 0 aliphatic heterocycles. The molecule has 0 aliphatic rings. The molecule has 0 atom stereocenters. The maximum absolute atomic E-state index is 3.22. The molecular formula is C20H43N. The van der Waals surface area contributed by atoms with E-state index in [1.807, 2.05) is 7.05 Å². The fourth-order valence-corrected chi connectivity index (χ4v) is 2.98. The van der Waals surface area contributed by atoms with Gasteiger partial charge in [-0.05, 0) is 25.9 Å². The number of unbranched alkanes of at least 4 members (excludes halogenated alkanes) is 13. The molecule has 1 heteroatoms. The van der Waals surface area contributed by atoms with Gasteiger partial charge < -0.3 is 5.32 Å². The van der Waals surface area contributed by atoms with Crippen LogP contribution in [-0.2, 0) is 0 Å². The van der Waals surface area contributed by atoms with Crippen LogP contribution in [-0.4, -0.2) is 13.6 Å². The van der Waals surface area contributed by atoms with Gasteiger partial charge in [-0.3, -0.25) is 0 Å². The van der Waals surface area contributed by atoms with Crippen molar-refractivity contribution in [2.45, 2.75) is 110 Å². The van der Waals surface area contributed by atoms with Crippen LogP contribution in [0.15, 0.2) is 0 Å². The lowest BCUT2D eigenvalue weighted by atomic mass is 10.0. The van der Waals surface area contributed by atoms with Crippen LogP contribution in [0.4, 0.5) is 0 Å². The maximum Gasteiger partial charge on any atom is -0.00519 e. The van der Waals surface area contributed by atoms with Crippen molar-refractivity contribution in [1.29, 1.82) is 0 Å². The van der Waals surface area contributed by atoms with E-state index in [4.69, 9.17) is 0 Å². The summed E-state index contributed by atoms with van der Waals surface area (Å²) >= 11 is 0. The molecule has 0 amide bonds. The first-order valence-corrected chi connectivity index (χ1v) is 9.92. The highest BCUT2D eigenvalue weighted by Gasteiger charge is 1.96. The Labute approximate surface area is 135 Å². The minimum atomic E-state index is 0.897. The first-order chi connectivity index (χ1) is 10.3. The summed E-state index contributed by atoms with van der Waals surface area (Å²) in [5.41, 5.74) is 0. The van der Waals surface area contributed by atoms with Crippen LogP contribution in [0.3, 0.4) is 0 Å². The summed E-state index contributed by atoms with van der Waals surface area (Å²) in [6.45, 7) is 5.86. The van der Waals surface area contributed by atoms with E-state index in [1.54, 1.807) is 0 Å². The predicted octanol–water partition coefficient (Wildman–Crippen LogP) is 6.71. The molecule has 1 N–H and O–H groups in total. The van der Waals surface area contributed by atoms with Crippen LogP contribution >= 0.6 is 0 Å². The van der Waals surface area contributed by atoms with E-state index in [2.05, 4.69) is 19.2 Å². The Morgan fingerprint density at radius 3 is 1.19 bits per heavy atom. The van der Waals surface area contributed by atoms with Gasteiger partial charge in [0, 0.05) is 0 Å². The van der Waals surface area contributed by atoms with Crippen molar-refractivity contribution < 1.29 is 0 Å². The summed E-state index contributed by atoms with van der Waals surface area (Å²) in [5.74, 6) is 0.897. The molecule has 0 unspecified atom stereocenters. The number of hydrogen-bond donors (Lipinski definition) is 1. The van der Waals surface area contributed by atoms with E-state index in [9.17, 15) is 0 Å². The van der Waals surface area contributed by atoms with Crippen LogP contribution in [0.2, 0.25) is 0 Å². The SMILES string of the molecule is CNCCCCCCCCCCCCCCCCC(C)C. The summed E-state index contributed by atoms with van der Waals surface area (Å²) in [5, 5.41) is 3.22. The van der Waals surface area contributed by atoms with Gasteiger partial charge in [0.25, 0.3) is 0 Å². The molecule has 128 valence electrons. The molecule has 0 heterocycles. The molecule has 0 rings (SSSR count). The van der Waals surface area contributed by atoms with Gasteiger partial charge in [-0.25, -0.2) is 0 Å². The average molecular weight is 298 g/mol. The van der Waals surface area contributed by atoms with Crippen LogP contribution in [0, 0.1) is 5.92 Å². The van der Waals surface area contributed by atoms with Crippen molar-refractivity contribution in [3.8, 4) is 0 Å². The zero-order valence-corrected chi connectivity index (χ0v) is 15.4. The lowest BCUT2D eigenvalue weighted by Crippen LogP contribution is -2.06. The second-order valence-corrected chi connectivity index (χ2v) is 7.24. The Balaban J connectivity index is 2.93. The maximum atomic E-state index is 3.22. The van der Waals surface area contributed by atoms with E-state index in [1.165, 1.54) is 103 Å². The lowest BCUT2D eigenvalue weighted by molar-refractivity contribution is 0.502.